The molecule has 0 aliphatic carbocycles. The van der Waals surface area contributed by atoms with E-state index in [-0.39, 0.29) is 0 Å². The van der Waals surface area contributed by atoms with Crippen molar-refractivity contribution < 1.29 is 0 Å². The third-order valence-electron chi connectivity index (χ3n) is 1.33. The van der Waals surface area contributed by atoms with Crippen molar-refractivity contribution in [1.82, 2.24) is 4.98 Å². The molecule has 0 saturated heterocycles. The third kappa shape index (κ3) is 1.77. The van der Waals surface area contributed by atoms with Gasteiger partial charge in [-0.25, -0.2) is 0 Å². The summed E-state index contributed by atoms with van der Waals surface area (Å²) < 4.78 is 0.956. The van der Waals surface area contributed by atoms with Crippen LogP contribution < -0.4 is 0 Å². The minimum Gasteiger partial charge on any atom is -0.255 e. The van der Waals surface area contributed by atoms with Gasteiger partial charge in [-0.2, -0.15) is 0 Å². The molecule has 0 unspecified atom stereocenters. The van der Waals surface area contributed by atoms with E-state index >= 15 is 0 Å². The number of hydrogen-bond donors (Lipinski definition) is 0. The fourth-order valence-electron chi connectivity index (χ4n) is 0.800. The molecule has 11 heavy (non-hydrogen) atoms. The Bertz CT molecular complexity index is 292. The van der Waals surface area contributed by atoms with Gasteiger partial charge in [-0.05, 0) is 28.1 Å². The number of aromatic nitrogens is 1. The maximum absolute atomic E-state index is 4.13. The van der Waals surface area contributed by atoms with Gasteiger partial charge in [0, 0.05) is 16.2 Å². The summed E-state index contributed by atoms with van der Waals surface area (Å²) in [6.07, 6.45) is 5.21. The number of halogens is 1. The van der Waals surface area contributed by atoms with Crippen LogP contribution in [0.15, 0.2) is 29.9 Å². The molecule has 2 heteroatoms. The van der Waals surface area contributed by atoms with Gasteiger partial charge in [0.25, 0.3) is 0 Å². The largest absolute Gasteiger partial charge is 0.255 e. The zero-order valence-corrected chi connectivity index (χ0v) is 7.63. The lowest BCUT2D eigenvalue weighted by Gasteiger charge is -1.98. The van der Waals surface area contributed by atoms with E-state index in [0.717, 1.165) is 15.7 Å². The van der Waals surface area contributed by atoms with Crippen LogP contribution >= 0.6 is 15.9 Å². The van der Waals surface area contributed by atoms with Gasteiger partial charge >= 0.3 is 0 Å². The molecule has 56 valence electrons. The minimum absolute atomic E-state index is 0.864. The van der Waals surface area contributed by atoms with E-state index in [1.165, 1.54) is 0 Å². The highest BCUT2D eigenvalue weighted by Gasteiger charge is 1.96. The van der Waals surface area contributed by atoms with Crippen molar-refractivity contribution in [2.75, 3.05) is 0 Å². The molecule has 0 spiro atoms. The van der Waals surface area contributed by atoms with Crippen molar-refractivity contribution in [3.63, 3.8) is 0 Å². The Hall–Kier alpha value is -0.890. The monoisotopic (exact) mass is 209 g/mol. The first kappa shape index (κ1) is 8.21. The lowest BCUT2D eigenvalue weighted by Crippen LogP contribution is -1.84. The number of pyridine rings is 1. The van der Waals surface area contributed by atoms with Crippen molar-refractivity contribution in [1.29, 1.82) is 0 Å². The molecule has 1 nitrogen and oxygen atoms in total. The first-order valence-corrected chi connectivity index (χ1v) is 3.97. The molecule has 0 aliphatic rings. The van der Waals surface area contributed by atoms with Crippen LogP contribution in [0.4, 0.5) is 0 Å². The molecule has 0 radical (unpaired) electrons. The highest BCUT2D eigenvalue weighted by atomic mass is 79.9. The molecule has 0 aromatic carbocycles. The van der Waals surface area contributed by atoms with Crippen molar-refractivity contribution in [3.8, 4) is 0 Å². The fourth-order valence-corrected chi connectivity index (χ4v) is 1.15. The zero-order valence-electron chi connectivity index (χ0n) is 6.05. The Labute approximate surface area is 74.6 Å². The van der Waals surface area contributed by atoms with Crippen LogP contribution in [-0.2, 0) is 0 Å². The van der Waals surface area contributed by atoms with Crippen LogP contribution in [0.1, 0.15) is 11.3 Å². The van der Waals surface area contributed by atoms with Gasteiger partial charge in [0.1, 0.15) is 0 Å². The van der Waals surface area contributed by atoms with E-state index in [0.29, 0.717) is 0 Å². The lowest BCUT2D eigenvalue weighted by molar-refractivity contribution is 1.27. The summed E-state index contributed by atoms with van der Waals surface area (Å²) in [7, 11) is 0. The van der Waals surface area contributed by atoms with E-state index in [1.807, 2.05) is 6.07 Å². The SMILES string of the molecule is C=Cc1cc(Br)cnc1C=C. The molecule has 0 aliphatic heterocycles. The minimum atomic E-state index is 0.864. The second kappa shape index (κ2) is 3.49. The lowest BCUT2D eigenvalue weighted by atomic mass is 10.2. The molecule has 0 amide bonds. The summed E-state index contributed by atoms with van der Waals surface area (Å²) in [6.45, 7) is 7.32. The maximum Gasteiger partial charge on any atom is 0.0696 e. The topological polar surface area (TPSA) is 12.9 Å². The second-order valence-electron chi connectivity index (χ2n) is 2.04. The molecule has 1 aromatic rings. The Morgan fingerprint density at radius 1 is 1.36 bits per heavy atom. The first-order chi connectivity index (χ1) is 5.27. The summed E-state index contributed by atoms with van der Waals surface area (Å²) in [4.78, 5) is 4.13. The normalized spacial score (nSPS) is 9.18. The van der Waals surface area contributed by atoms with Gasteiger partial charge in [-0.1, -0.05) is 19.2 Å². The van der Waals surface area contributed by atoms with Crippen LogP contribution in [0.25, 0.3) is 12.2 Å². The molecular weight excluding hydrogens is 202 g/mol. The van der Waals surface area contributed by atoms with Crippen molar-refractivity contribution in [2.24, 2.45) is 0 Å². The summed E-state index contributed by atoms with van der Waals surface area (Å²) >= 11 is 3.32. The maximum atomic E-state index is 4.13. The predicted octanol–water partition coefficient (Wildman–Crippen LogP) is 3.13. The molecular formula is C9H8BrN. The van der Waals surface area contributed by atoms with E-state index in [1.54, 1.807) is 18.3 Å². The summed E-state index contributed by atoms with van der Waals surface area (Å²) in [5.74, 6) is 0. The average molecular weight is 210 g/mol. The predicted molar refractivity (Wildman–Crippen MR) is 52.1 cm³/mol. The highest BCUT2D eigenvalue weighted by Crippen LogP contribution is 2.15. The van der Waals surface area contributed by atoms with Crippen LogP contribution in [0.3, 0.4) is 0 Å². The van der Waals surface area contributed by atoms with Gasteiger partial charge in [-0.3, -0.25) is 4.98 Å². The Kier molecular flexibility index (Phi) is 2.60. The summed E-state index contributed by atoms with van der Waals surface area (Å²) in [5, 5.41) is 0. The quantitative estimate of drug-likeness (QED) is 0.730. The summed E-state index contributed by atoms with van der Waals surface area (Å²) in [6, 6.07) is 1.96. The van der Waals surface area contributed by atoms with Gasteiger partial charge in [0.2, 0.25) is 0 Å². The van der Waals surface area contributed by atoms with Gasteiger partial charge in [0.05, 0.1) is 5.69 Å². The number of hydrogen-bond acceptors (Lipinski definition) is 1. The van der Waals surface area contributed by atoms with Crippen molar-refractivity contribution in [3.05, 3.63) is 41.2 Å². The second-order valence-corrected chi connectivity index (χ2v) is 2.95. The molecule has 0 fully saturated rings. The molecule has 1 rings (SSSR count). The highest BCUT2D eigenvalue weighted by molar-refractivity contribution is 9.10. The Morgan fingerprint density at radius 2 is 2.09 bits per heavy atom. The van der Waals surface area contributed by atoms with Gasteiger partial charge in [0.15, 0.2) is 0 Å². The fraction of sp³-hybridized carbons (Fsp3) is 0. The molecule has 1 heterocycles. The van der Waals surface area contributed by atoms with Crippen LogP contribution in [0, 0.1) is 0 Å². The van der Waals surface area contributed by atoms with Crippen LogP contribution in [0.2, 0.25) is 0 Å². The molecule has 0 N–H and O–H groups in total. The average Bonchev–Trinajstić information content (AvgIpc) is 2.04. The van der Waals surface area contributed by atoms with E-state index in [9.17, 15) is 0 Å². The van der Waals surface area contributed by atoms with E-state index < -0.39 is 0 Å². The smallest absolute Gasteiger partial charge is 0.0696 e. The van der Waals surface area contributed by atoms with Gasteiger partial charge < -0.3 is 0 Å². The van der Waals surface area contributed by atoms with Crippen molar-refractivity contribution >= 4 is 28.1 Å². The van der Waals surface area contributed by atoms with Crippen LogP contribution in [0.5, 0.6) is 0 Å². The Morgan fingerprint density at radius 3 is 2.64 bits per heavy atom. The van der Waals surface area contributed by atoms with Crippen molar-refractivity contribution in [2.45, 2.75) is 0 Å². The van der Waals surface area contributed by atoms with Crippen LogP contribution in [-0.4, -0.2) is 4.98 Å². The number of nitrogens with zero attached hydrogens (tertiary/aromatic N) is 1. The first-order valence-electron chi connectivity index (χ1n) is 3.18. The molecule has 0 bridgehead atoms. The Balaban J connectivity index is 3.26. The summed E-state index contributed by atoms with van der Waals surface area (Å²) in [5.41, 5.74) is 1.86. The zero-order chi connectivity index (χ0) is 8.27. The third-order valence-corrected chi connectivity index (χ3v) is 1.76. The number of rotatable bonds is 2. The standard InChI is InChI=1S/C9H8BrN/c1-3-7-5-8(10)6-11-9(7)4-2/h3-6H,1-2H2. The molecule has 0 saturated carbocycles. The molecule has 0 atom stereocenters. The van der Waals surface area contributed by atoms with Gasteiger partial charge in [-0.15, -0.1) is 0 Å². The van der Waals surface area contributed by atoms with E-state index in [4.69, 9.17) is 0 Å². The van der Waals surface area contributed by atoms with E-state index in [2.05, 4.69) is 34.1 Å². The molecule has 1 aromatic heterocycles.